The average molecular weight is 274 g/mol. The highest BCUT2D eigenvalue weighted by Crippen LogP contribution is 2.13. The molecule has 0 spiro atoms. The van der Waals surface area contributed by atoms with Gasteiger partial charge in [-0.1, -0.05) is 0 Å². The number of anilines is 1. The van der Waals surface area contributed by atoms with Crippen molar-refractivity contribution in [1.82, 2.24) is 14.5 Å². The molecule has 6 nitrogen and oxygen atoms in total. The van der Waals surface area contributed by atoms with Crippen molar-refractivity contribution in [2.75, 3.05) is 5.32 Å². The first-order valence-corrected chi connectivity index (χ1v) is 6.51. The molecule has 20 heavy (non-hydrogen) atoms. The van der Waals surface area contributed by atoms with Crippen molar-refractivity contribution in [2.24, 2.45) is 0 Å². The van der Waals surface area contributed by atoms with Crippen LogP contribution in [-0.4, -0.2) is 31.7 Å². The van der Waals surface area contributed by atoms with Gasteiger partial charge in [-0.25, -0.2) is 9.97 Å². The minimum atomic E-state index is -0.775. The first-order chi connectivity index (χ1) is 9.56. The van der Waals surface area contributed by atoms with E-state index in [1.165, 1.54) is 0 Å². The minimum absolute atomic E-state index is 0.0914. The van der Waals surface area contributed by atoms with Gasteiger partial charge in [-0.15, -0.1) is 0 Å². The molecule has 0 aromatic carbocycles. The summed E-state index contributed by atoms with van der Waals surface area (Å²) in [5.41, 5.74) is 0.879. The Balaban J connectivity index is 1.98. The molecule has 0 saturated carbocycles. The van der Waals surface area contributed by atoms with E-state index in [-0.39, 0.29) is 12.5 Å². The summed E-state index contributed by atoms with van der Waals surface area (Å²) in [4.78, 5) is 19.0. The van der Waals surface area contributed by atoms with E-state index in [2.05, 4.69) is 15.3 Å². The summed E-state index contributed by atoms with van der Waals surface area (Å²) in [5.74, 6) is 0.916. The van der Waals surface area contributed by atoms with Gasteiger partial charge in [0.15, 0.2) is 0 Å². The van der Waals surface area contributed by atoms with Crippen LogP contribution in [0.4, 0.5) is 5.69 Å². The first kappa shape index (κ1) is 14.0. The van der Waals surface area contributed by atoms with Crippen LogP contribution in [-0.2, 0) is 4.79 Å². The van der Waals surface area contributed by atoms with Crippen LogP contribution in [0.1, 0.15) is 25.6 Å². The van der Waals surface area contributed by atoms with E-state index in [1.807, 2.05) is 36.7 Å². The number of nitrogens with zero attached hydrogens (tertiary/aromatic N) is 3. The number of pyridine rings is 1. The van der Waals surface area contributed by atoms with Crippen LogP contribution in [0.5, 0.6) is 0 Å². The third-order valence-corrected chi connectivity index (χ3v) is 3.02. The van der Waals surface area contributed by atoms with E-state index in [9.17, 15) is 4.79 Å². The molecule has 2 aromatic heterocycles. The molecule has 2 rings (SSSR count). The van der Waals surface area contributed by atoms with E-state index in [1.54, 1.807) is 12.4 Å². The van der Waals surface area contributed by atoms with E-state index in [0.717, 1.165) is 17.3 Å². The normalized spacial score (nSPS) is 12.1. The van der Waals surface area contributed by atoms with Gasteiger partial charge < -0.3 is 10.4 Å². The predicted molar refractivity (Wildman–Crippen MR) is 76.1 cm³/mol. The van der Waals surface area contributed by atoms with Crippen LogP contribution in [0.2, 0.25) is 0 Å². The average Bonchev–Trinajstić information content (AvgIpc) is 2.84. The number of nitrogens with one attached hydrogen (secondary N) is 1. The van der Waals surface area contributed by atoms with Crippen LogP contribution in [0, 0.1) is 6.92 Å². The van der Waals surface area contributed by atoms with Crippen molar-refractivity contribution in [3.63, 3.8) is 0 Å². The van der Waals surface area contributed by atoms with E-state index < -0.39 is 5.97 Å². The summed E-state index contributed by atoms with van der Waals surface area (Å²) in [6.45, 7) is 3.87. The monoisotopic (exact) mass is 274 g/mol. The Hall–Kier alpha value is -2.37. The lowest BCUT2D eigenvalue weighted by atomic mass is 10.2. The molecule has 106 valence electrons. The second-order valence-corrected chi connectivity index (χ2v) is 4.73. The molecule has 1 atom stereocenters. The molecule has 1 unspecified atom stereocenters. The topological polar surface area (TPSA) is 80.0 Å². The summed E-state index contributed by atoms with van der Waals surface area (Å²) >= 11 is 0. The van der Waals surface area contributed by atoms with Crippen LogP contribution >= 0.6 is 0 Å². The van der Waals surface area contributed by atoms with Crippen LogP contribution in [0.25, 0.3) is 5.82 Å². The second-order valence-electron chi connectivity index (χ2n) is 4.73. The van der Waals surface area contributed by atoms with E-state index in [4.69, 9.17) is 5.11 Å². The Kier molecular flexibility index (Phi) is 4.34. The molecule has 2 heterocycles. The van der Waals surface area contributed by atoms with Crippen molar-refractivity contribution in [1.29, 1.82) is 0 Å². The smallest absolute Gasteiger partial charge is 0.303 e. The molecule has 0 saturated heterocycles. The summed E-state index contributed by atoms with van der Waals surface area (Å²) in [6.07, 6.45) is 6.08. The molecule has 0 aliphatic carbocycles. The fourth-order valence-electron chi connectivity index (χ4n) is 1.93. The maximum Gasteiger partial charge on any atom is 0.303 e. The molecule has 2 aromatic rings. The molecule has 0 bridgehead atoms. The maximum absolute atomic E-state index is 10.5. The molecule has 0 amide bonds. The Morgan fingerprint density at radius 3 is 2.80 bits per heavy atom. The highest BCUT2D eigenvalue weighted by molar-refractivity contribution is 5.66. The summed E-state index contributed by atoms with van der Waals surface area (Å²) < 4.78 is 1.90. The van der Waals surface area contributed by atoms with Crippen molar-refractivity contribution < 1.29 is 9.90 Å². The number of hydrogen-bond donors (Lipinski definition) is 2. The number of carbonyl (C=O) groups is 1. The maximum atomic E-state index is 10.5. The fourth-order valence-corrected chi connectivity index (χ4v) is 1.93. The minimum Gasteiger partial charge on any atom is -0.481 e. The lowest BCUT2D eigenvalue weighted by molar-refractivity contribution is -0.137. The van der Waals surface area contributed by atoms with Gasteiger partial charge in [0.25, 0.3) is 0 Å². The highest BCUT2D eigenvalue weighted by atomic mass is 16.4. The van der Waals surface area contributed by atoms with E-state index >= 15 is 0 Å². The van der Waals surface area contributed by atoms with Gasteiger partial charge in [0.05, 0.1) is 11.9 Å². The number of hydrogen-bond acceptors (Lipinski definition) is 4. The van der Waals surface area contributed by atoms with Crippen LogP contribution < -0.4 is 5.32 Å². The molecule has 0 radical (unpaired) electrons. The molecule has 0 aliphatic heterocycles. The summed E-state index contributed by atoms with van der Waals surface area (Å²) in [6, 6.07) is 3.92. The van der Waals surface area contributed by atoms with Gasteiger partial charge in [-0.05, 0) is 32.4 Å². The lowest BCUT2D eigenvalue weighted by Crippen LogP contribution is -2.16. The Bertz CT molecular complexity index is 577. The second kappa shape index (κ2) is 6.18. The third-order valence-electron chi connectivity index (χ3n) is 3.02. The van der Waals surface area contributed by atoms with Gasteiger partial charge >= 0.3 is 5.97 Å². The molecule has 0 aliphatic rings. The van der Waals surface area contributed by atoms with Crippen molar-refractivity contribution in [3.8, 4) is 5.82 Å². The quantitative estimate of drug-likeness (QED) is 0.844. The molecule has 6 heteroatoms. The number of rotatable bonds is 6. The summed E-state index contributed by atoms with van der Waals surface area (Å²) in [7, 11) is 0. The zero-order chi connectivity index (χ0) is 14.5. The van der Waals surface area contributed by atoms with E-state index in [0.29, 0.717) is 6.42 Å². The number of aryl methyl sites for hydroxylation is 1. The van der Waals surface area contributed by atoms with Gasteiger partial charge in [-0.3, -0.25) is 9.36 Å². The lowest BCUT2D eigenvalue weighted by Gasteiger charge is -2.14. The van der Waals surface area contributed by atoms with Crippen molar-refractivity contribution >= 4 is 11.7 Å². The van der Waals surface area contributed by atoms with Gasteiger partial charge in [0, 0.05) is 24.9 Å². The third kappa shape index (κ3) is 3.57. The standard InChI is InChI=1S/C14H18N4O2/c1-10(3-6-14(19)20)17-12-4-5-13(16-9-12)18-8-7-15-11(18)2/h4-5,7-10,17H,3,6H2,1-2H3,(H,19,20). The highest BCUT2D eigenvalue weighted by Gasteiger charge is 2.06. The Labute approximate surface area is 117 Å². The van der Waals surface area contributed by atoms with Crippen molar-refractivity contribution in [3.05, 3.63) is 36.5 Å². The Morgan fingerprint density at radius 2 is 2.25 bits per heavy atom. The first-order valence-electron chi connectivity index (χ1n) is 6.51. The predicted octanol–water partition coefficient (Wildman–Crippen LogP) is 2.24. The number of carboxylic acid groups (broad SMARTS) is 1. The molecular weight excluding hydrogens is 256 g/mol. The number of imidazole rings is 1. The zero-order valence-corrected chi connectivity index (χ0v) is 11.6. The number of aliphatic carboxylic acids is 1. The fraction of sp³-hybridized carbons (Fsp3) is 0.357. The molecular formula is C14H18N4O2. The largest absolute Gasteiger partial charge is 0.481 e. The molecule has 2 N–H and O–H groups in total. The number of aromatic nitrogens is 3. The SMILES string of the molecule is Cc1nccn1-c1ccc(NC(C)CCC(=O)O)cn1. The van der Waals surface area contributed by atoms with Gasteiger partial charge in [0.1, 0.15) is 11.6 Å². The van der Waals surface area contributed by atoms with Crippen molar-refractivity contribution in [2.45, 2.75) is 32.7 Å². The van der Waals surface area contributed by atoms with Gasteiger partial charge in [-0.2, -0.15) is 0 Å². The van der Waals surface area contributed by atoms with Crippen LogP contribution in [0.15, 0.2) is 30.7 Å². The molecule has 0 fully saturated rings. The summed E-state index contributed by atoms with van der Waals surface area (Å²) in [5, 5.41) is 11.9. The van der Waals surface area contributed by atoms with Crippen LogP contribution in [0.3, 0.4) is 0 Å². The van der Waals surface area contributed by atoms with Gasteiger partial charge in [0.2, 0.25) is 0 Å². The zero-order valence-electron chi connectivity index (χ0n) is 11.6. The Morgan fingerprint density at radius 1 is 1.45 bits per heavy atom. The number of carboxylic acids is 1.